The van der Waals surface area contributed by atoms with Crippen LogP contribution in [0.4, 0.5) is 0 Å². The minimum Gasteiger partial charge on any atom is -0.480 e. The fourth-order valence-electron chi connectivity index (χ4n) is 1.59. The molecule has 0 radical (unpaired) electrons. The van der Waals surface area contributed by atoms with Crippen LogP contribution in [-0.2, 0) is 14.4 Å². The lowest BCUT2D eigenvalue weighted by Gasteiger charge is -2.25. The molecule has 3 N–H and O–H groups in total. The van der Waals surface area contributed by atoms with Crippen LogP contribution in [0.5, 0.6) is 0 Å². The van der Waals surface area contributed by atoms with Crippen LogP contribution in [0.3, 0.4) is 0 Å². The molecule has 6 heteroatoms. The molecule has 0 bridgehead atoms. The van der Waals surface area contributed by atoms with Gasteiger partial charge in [-0.1, -0.05) is 20.8 Å². The first-order chi connectivity index (χ1) is 8.64. The van der Waals surface area contributed by atoms with Gasteiger partial charge in [0.15, 0.2) is 5.78 Å². The highest BCUT2D eigenvalue weighted by atomic mass is 16.4. The molecule has 0 saturated heterocycles. The molecule has 110 valence electrons. The highest BCUT2D eigenvalue weighted by Gasteiger charge is 2.31. The molecular weight excluding hydrogens is 248 g/mol. The molecule has 2 unspecified atom stereocenters. The van der Waals surface area contributed by atoms with Gasteiger partial charge in [0, 0.05) is 0 Å². The molecule has 0 rings (SSSR count). The van der Waals surface area contributed by atoms with Crippen molar-refractivity contribution < 1.29 is 19.5 Å². The van der Waals surface area contributed by atoms with Gasteiger partial charge < -0.3 is 10.4 Å². The average molecular weight is 272 g/mol. The maximum Gasteiger partial charge on any atom is 0.323 e. The van der Waals surface area contributed by atoms with E-state index in [-0.39, 0.29) is 24.2 Å². The summed E-state index contributed by atoms with van der Waals surface area (Å²) in [4.78, 5) is 34.1. The smallest absolute Gasteiger partial charge is 0.323 e. The van der Waals surface area contributed by atoms with E-state index in [2.05, 4.69) is 10.6 Å². The van der Waals surface area contributed by atoms with Crippen molar-refractivity contribution in [1.29, 1.82) is 0 Å². The Morgan fingerprint density at radius 3 is 2.11 bits per heavy atom. The van der Waals surface area contributed by atoms with Crippen molar-refractivity contribution >= 4 is 17.7 Å². The van der Waals surface area contributed by atoms with E-state index >= 15 is 0 Å². The zero-order valence-corrected chi connectivity index (χ0v) is 12.2. The second-order valence-corrected chi connectivity index (χ2v) is 5.24. The van der Waals surface area contributed by atoms with Crippen molar-refractivity contribution in [3.63, 3.8) is 0 Å². The fourth-order valence-corrected chi connectivity index (χ4v) is 1.59. The Balaban J connectivity index is 4.47. The third-order valence-electron chi connectivity index (χ3n) is 3.24. The first kappa shape index (κ1) is 17.6. The van der Waals surface area contributed by atoms with Crippen molar-refractivity contribution in [2.45, 2.75) is 52.6 Å². The lowest BCUT2D eigenvalue weighted by Crippen LogP contribution is -2.54. The number of aliphatic carboxylic acids is 1. The molecule has 0 aliphatic heterocycles. The number of ketones is 1. The van der Waals surface area contributed by atoms with Crippen LogP contribution in [0.15, 0.2) is 0 Å². The van der Waals surface area contributed by atoms with Gasteiger partial charge in [0.05, 0.1) is 12.6 Å². The predicted molar refractivity (Wildman–Crippen MR) is 71.8 cm³/mol. The Hall–Kier alpha value is -1.43. The van der Waals surface area contributed by atoms with Crippen LogP contribution in [0.2, 0.25) is 0 Å². The zero-order chi connectivity index (χ0) is 15.2. The van der Waals surface area contributed by atoms with Crippen molar-refractivity contribution in [3.05, 3.63) is 0 Å². The largest absolute Gasteiger partial charge is 0.480 e. The average Bonchev–Trinajstić information content (AvgIpc) is 2.31. The first-order valence-electron chi connectivity index (χ1n) is 6.42. The standard InChI is InChI=1S/C13H24N2O4/c1-6-13(5,12(18)19)14-7-10(17)15-11(8(2)3)9(4)16/h8,11,14H,6-7H2,1-5H3,(H,15,17)(H,18,19). The monoisotopic (exact) mass is 272 g/mol. The van der Waals surface area contributed by atoms with Gasteiger partial charge in [0.25, 0.3) is 0 Å². The Kier molecular flexibility index (Phi) is 6.69. The van der Waals surface area contributed by atoms with E-state index in [0.29, 0.717) is 6.42 Å². The van der Waals surface area contributed by atoms with E-state index in [0.717, 1.165) is 0 Å². The quantitative estimate of drug-likeness (QED) is 0.600. The lowest BCUT2D eigenvalue weighted by atomic mass is 9.99. The Bertz CT molecular complexity index is 355. The van der Waals surface area contributed by atoms with E-state index in [1.54, 1.807) is 6.92 Å². The van der Waals surface area contributed by atoms with Crippen LogP contribution in [0.1, 0.15) is 41.0 Å². The molecule has 0 aromatic carbocycles. The van der Waals surface area contributed by atoms with Gasteiger partial charge in [-0.15, -0.1) is 0 Å². The normalized spacial score (nSPS) is 15.7. The number of hydrogen-bond acceptors (Lipinski definition) is 4. The summed E-state index contributed by atoms with van der Waals surface area (Å²) in [5, 5.41) is 14.4. The Morgan fingerprint density at radius 2 is 1.79 bits per heavy atom. The van der Waals surface area contributed by atoms with Crippen LogP contribution in [-0.4, -0.2) is 40.9 Å². The number of carbonyl (C=O) groups is 3. The van der Waals surface area contributed by atoms with E-state index < -0.39 is 17.6 Å². The molecule has 0 fully saturated rings. The highest BCUT2D eigenvalue weighted by molar-refractivity contribution is 5.88. The van der Waals surface area contributed by atoms with Crippen LogP contribution in [0, 0.1) is 5.92 Å². The Morgan fingerprint density at radius 1 is 1.26 bits per heavy atom. The summed E-state index contributed by atoms with van der Waals surface area (Å²) < 4.78 is 0. The number of Topliss-reactive ketones (excluding diaryl/α,β-unsaturated/α-hetero) is 1. The SMILES string of the molecule is CCC(C)(NCC(=O)NC(C(C)=O)C(C)C)C(=O)O. The van der Waals surface area contributed by atoms with Gasteiger partial charge in [-0.25, -0.2) is 0 Å². The highest BCUT2D eigenvalue weighted by Crippen LogP contribution is 2.08. The summed E-state index contributed by atoms with van der Waals surface area (Å²) in [6.07, 6.45) is 0.357. The van der Waals surface area contributed by atoms with Crippen molar-refractivity contribution in [1.82, 2.24) is 10.6 Å². The lowest BCUT2D eigenvalue weighted by molar-refractivity contribution is -0.144. The minimum atomic E-state index is -1.14. The number of amides is 1. The third kappa shape index (κ3) is 5.38. The summed E-state index contributed by atoms with van der Waals surface area (Å²) in [7, 11) is 0. The maximum atomic E-state index is 11.7. The van der Waals surface area contributed by atoms with Gasteiger partial charge in [-0.05, 0) is 26.2 Å². The molecule has 0 aromatic heterocycles. The second-order valence-electron chi connectivity index (χ2n) is 5.24. The van der Waals surface area contributed by atoms with Gasteiger partial charge in [0.1, 0.15) is 5.54 Å². The van der Waals surface area contributed by atoms with E-state index in [4.69, 9.17) is 5.11 Å². The summed E-state index contributed by atoms with van der Waals surface area (Å²) in [6, 6.07) is -0.535. The number of carboxylic acid groups (broad SMARTS) is 1. The molecule has 0 saturated carbocycles. The van der Waals surface area contributed by atoms with Gasteiger partial charge in [0.2, 0.25) is 5.91 Å². The zero-order valence-electron chi connectivity index (χ0n) is 12.2. The number of carboxylic acids is 1. The van der Waals surface area contributed by atoms with E-state index in [9.17, 15) is 14.4 Å². The van der Waals surface area contributed by atoms with Crippen LogP contribution >= 0.6 is 0 Å². The minimum absolute atomic E-state index is 0.00141. The molecular formula is C13H24N2O4. The molecule has 0 aliphatic carbocycles. The van der Waals surface area contributed by atoms with Crippen LogP contribution < -0.4 is 10.6 Å². The Labute approximate surface area is 113 Å². The molecule has 19 heavy (non-hydrogen) atoms. The summed E-state index contributed by atoms with van der Waals surface area (Å²) >= 11 is 0. The maximum absolute atomic E-state index is 11.7. The van der Waals surface area contributed by atoms with Gasteiger partial charge in [-0.2, -0.15) is 0 Å². The van der Waals surface area contributed by atoms with E-state index in [1.165, 1.54) is 13.8 Å². The van der Waals surface area contributed by atoms with E-state index in [1.807, 2.05) is 13.8 Å². The van der Waals surface area contributed by atoms with Crippen molar-refractivity contribution in [2.75, 3.05) is 6.54 Å². The van der Waals surface area contributed by atoms with Gasteiger partial charge >= 0.3 is 5.97 Å². The second kappa shape index (κ2) is 7.23. The topological polar surface area (TPSA) is 95.5 Å². The fraction of sp³-hybridized carbons (Fsp3) is 0.769. The molecule has 0 spiro atoms. The summed E-state index contributed by atoms with van der Waals surface area (Å²) in [5.74, 6) is -1.50. The third-order valence-corrected chi connectivity index (χ3v) is 3.24. The molecule has 0 heterocycles. The van der Waals surface area contributed by atoms with Crippen molar-refractivity contribution in [2.24, 2.45) is 5.92 Å². The molecule has 6 nitrogen and oxygen atoms in total. The molecule has 2 atom stereocenters. The summed E-state index contributed by atoms with van der Waals surface area (Å²) in [6.45, 7) is 8.22. The molecule has 1 amide bonds. The number of rotatable bonds is 8. The first-order valence-corrected chi connectivity index (χ1v) is 6.42. The molecule has 0 aromatic rings. The molecule has 0 aliphatic rings. The number of hydrogen-bond donors (Lipinski definition) is 3. The summed E-state index contributed by atoms with van der Waals surface area (Å²) in [5.41, 5.74) is -1.14. The number of nitrogens with one attached hydrogen (secondary N) is 2. The van der Waals surface area contributed by atoms with Crippen molar-refractivity contribution in [3.8, 4) is 0 Å². The van der Waals surface area contributed by atoms with Gasteiger partial charge in [-0.3, -0.25) is 19.7 Å². The predicted octanol–water partition coefficient (Wildman–Crippen LogP) is 0.559. The van der Waals surface area contributed by atoms with Crippen LogP contribution in [0.25, 0.3) is 0 Å². The number of carbonyl (C=O) groups excluding carboxylic acids is 2.